The first kappa shape index (κ1) is 20.1. The molecule has 1 unspecified atom stereocenters. The maximum atomic E-state index is 13.3. The number of thioether (sulfide) groups is 1. The number of nitrogens with zero attached hydrogens (tertiary/aromatic N) is 1. The molecule has 2 rings (SSSR count). The van der Waals surface area contributed by atoms with Crippen molar-refractivity contribution in [2.45, 2.75) is 31.0 Å². The summed E-state index contributed by atoms with van der Waals surface area (Å²) in [6.45, 7) is 5.23. The molecule has 1 amide bonds. The molecule has 0 aliphatic carbocycles. The lowest BCUT2D eigenvalue weighted by atomic mass is 10.2. The first-order chi connectivity index (χ1) is 11.8. The Kier molecular flexibility index (Phi) is 7.15. The number of rotatable bonds is 6. The number of benzene rings is 1. The van der Waals surface area contributed by atoms with Crippen LogP contribution >= 0.6 is 11.8 Å². The molecule has 1 fully saturated rings. The van der Waals surface area contributed by atoms with Crippen molar-refractivity contribution in [2.24, 2.45) is 0 Å². The van der Waals surface area contributed by atoms with E-state index in [1.54, 1.807) is 0 Å². The Hall–Kier alpha value is -1.25. The van der Waals surface area contributed by atoms with Crippen LogP contribution in [-0.2, 0) is 4.79 Å². The number of nitrogens with one attached hydrogen (secondary N) is 2. The number of amides is 1. The molecule has 0 saturated carbocycles. The summed E-state index contributed by atoms with van der Waals surface area (Å²) in [4.78, 5) is 14.4. The molecule has 1 aliphatic heterocycles. The first-order valence-corrected chi connectivity index (χ1v) is 9.24. The molecule has 8 heteroatoms. The highest BCUT2D eigenvalue weighted by molar-refractivity contribution is 8.00. The minimum Gasteiger partial charge on any atom is -0.353 e. The molecule has 1 heterocycles. The summed E-state index contributed by atoms with van der Waals surface area (Å²) in [5.74, 6) is -0.272. The lowest BCUT2D eigenvalue weighted by molar-refractivity contribution is -0.183. The van der Waals surface area contributed by atoms with Crippen molar-refractivity contribution in [2.75, 3.05) is 38.5 Å². The van der Waals surface area contributed by atoms with Gasteiger partial charge < -0.3 is 10.6 Å². The lowest BCUT2D eigenvalue weighted by Gasteiger charge is -2.35. The van der Waals surface area contributed by atoms with E-state index in [-0.39, 0.29) is 11.7 Å². The van der Waals surface area contributed by atoms with E-state index in [0.29, 0.717) is 26.2 Å². The van der Waals surface area contributed by atoms with E-state index < -0.39 is 18.8 Å². The van der Waals surface area contributed by atoms with Crippen molar-refractivity contribution in [3.63, 3.8) is 0 Å². The molecule has 1 saturated heterocycles. The maximum Gasteiger partial charge on any atom is 0.405 e. The van der Waals surface area contributed by atoms with Gasteiger partial charge in [-0.1, -0.05) is 17.7 Å². The van der Waals surface area contributed by atoms with Gasteiger partial charge in [0.25, 0.3) is 0 Å². The topological polar surface area (TPSA) is 44.4 Å². The summed E-state index contributed by atoms with van der Waals surface area (Å²) in [7, 11) is 0. The third-order valence-corrected chi connectivity index (χ3v) is 5.32. The van der Waals surface area contributed by atoms with Gasteiger partial charge in [0.2, 0.25) is 5.91 Å². The van der Waals surface area contributed by atoms with Crippen LogP contribution in [0.1, 0.15) is 11.1 Å². The summed E-state index contributed by atoms with van der Waals surface area (Å²) in [6, 6.07) is 4.30. The van der Waals surface area contributed by atoms with Gasteiger partial charge in [-0.05, 0) is 25.5 Å². The van der Waals surface area contributed by atoms with Crippen LogP contribution in [0.15, 0.2) is 23.1 Å². The average molecular weight is 375 g/mol. The van der Waals surface area contributed by atoms with E-state index in [9.17, 15) is 18.0 Å². The van der Waals surface area contributed by atoms with Crippen molar-refractivity contribution < 1.29 is 18.0 Å². The Morgan fingerprint density at radius 2 is 2.00 bits per heavy atom. The van der Waals surface area contributed by atoms with Gasteiger partial charge in [0.05, 0.1) is 5.75 Å². The van der Waals surface area contributed by atoms with Gasteiger partial charge in [-0.15, -0.1) is 11.8 Å². The summed E-state index contributed by atoms with van der Waals surface area (Å²) >= 11 is 1.35. The zero-order valence-electron chi connectivity index (χ0n) is 14.4. The van der Waals surface area contributed by atoms with Gasteiger partial charge in [0.1, 0.15) is 6.04 Å². The van der Waals surface area contributed by atoms with Gasteiger partial charge in [0, 0.05) is 37.6 Å². The number of aryl methyl sites for hydroxylation is 2. The van der Waals surface area contributed by atoms with Gasteiger partial charge in [0.15, 0.2) is 0 Å². The molecule has 2 N–H and O–H groups in total. The molecule has 1 atom stereocenters. The fourth-order valence-corrected chi connectivity index (χ4v) is 3.67. The van der Waals surface area contributed by atoms with Crippen LogP contribution in [-0.4, -0.2) is 61.5 Å². The molecule has 140 valence electrons. The summed E-state index contributed by atoms with van der Waals surface area (Å²) in [5.41, 5.74) is 2.14. The van der Waals surface area contributed by atoms with E-state index in [0.717, 1.165) is 16.0 Å². The second-order valence-corrected chi connectivity index (χ2v) is 7.22. The monoisotopic (exact) mass is 375 g/mol. The fourth-order valence-electron chi connectivity index (χ4n) is 2.71. The Balaban J connectivity index is 1.87. The second kappa shape index (κ2) is 8.91. The van der Waals surface area contributed by atoms with Crippen LogP contribution in [0.25, 0.3) is 0 Å². The number of alkyl halides is 3. The first-order valence-electron chi connectivity index (χ1n) is 8.25. The molecule has 1 aromatic rings. The molecule has 0 aromatic heterocycles. The van der Waals surface area contributed by atoms with Gasteiger partial charge in [-0.25, -0.2) is 0 Å². The van der Waals surface area contributed by atoms with Crippen molar-refractivity contribution >= 4 is 17.7 Å². The molecule has 1 aromatic carbocycles. The molecule has 25 heavy (non-hydrogen) atoms. The summed E-state index contributed by atoms with van der Waals surface area (Å²) in [6.07, 6.45) is -4.36. The van der Waals surface area contributed by atoms with Crippen LogP contribution in [0, 0.1) is 13.8 Å². The number of hydrogen-bond acceptors (Lipinski definition) is 4. The Labute approximate surface area is 150 Å². The third-order valence-electron chi connectivity index (χ3n) is 4.17. The predicted molar refractivity (Wildman–Crippen MR) is 93.9 cm³/mol. The Morgan fingerprint density at radius 3 is 2.64 bits per heavy atom. The number of carbonyl (C=O) groups is 1. The zero-order valence-corrected chi connectivity index (χ0v) is 15.3. The highest BCUT2D eigenvalue weighted by Gasteiger charge is 2.43. The average Bonchev–Trinajstić information content (AvgIpc) is 2.55. The van der Waals surface area contributed by atoms with Gasteiger partial charge in [-0.3, -0.25) is 9.69 Å². The van der Waals surface area contributed by atoms with E-state index >= 15 is 0 Å². The van der Waals surface area contributed by atoms with E-state index in [4.69, 9.17) is 0 Å². The number of piperazine rings is 1. The van der Waals surface area contributed by atoms with Crippen LogP contribution in [0.4, 0.5) is 13.2 Å². The molecular formula is C17H24F3N3OS. The van der Waals surface area contributed by atoms with E-state index in [2.05, 4.69) is 10.6 Å². The molecule has 0 spiro atoms. The fraction of sp³-hybridized carbons (Fsp3) is 0.588. The van der Waals surface area contributed by atoms with Crippen molar-refractivity contribution in [3.05, 3.63) is 29.3 Å². The molecule has 0 bridgehead atoms. The lowest BCUT2D eigenvalue weighted by Crippen LogP contribution is -2.57. The van der Waals surface area contributed by atoms with E-state index in [1.165, 1.54) is 16.7 Å². The number of carbonyl (C=O) groups excluding carboxylic acids is 1. The second-order valence-electron chi connectivity index (χ2n) is 6.21. The third kappa shape index (κ3) is 6.20. The summed E-state index contributed by atoms with van der Waals surface area (Å²) in [5, 5.41) is 5.48. The Bertz CT molecular complexity index is 589. The van der Waals surface area contributed by atoms with Crippen molar-refractivity contribution in [3.8, 4) is 0 Å². The van der Waals surface area contributed by atoms with Gasteiger partial charge in [-0.2, -0.15) is 13.2 Å². The molecule has 1 aliphatic rings. The van der Waals surface area contributed by atoms with Crippen LogP contribution < -0.4 is 10.6 Å². The summed E-state index contributed by atoms with van der Waals surface area (Å²) < 4.78 is 39.9. The number of halogens is 3. The van der Waals surface area contributed by atoms with Crippen LogP contribution in [0.2, 0.25) is 0 Å². The highest BCUT2D eigenvalue weighted by atomic mass is 32.2. The van der Waals surface area contributed by atoms with Gasteiger partial charge >= 0.3 is 6.18 Å². The predicted octanol–water partition coefficient (Wildman–Crippen LogP) is 2.35. The maximum absolute atomic E-state index is 13.3. The zero-order chi connectivity index (χ0) is 18.4. The van der Waals surface area contributed by atoms with Crippen LogP contribution in [0.3, 0.4) is 0 Å². The van der Waals surface area contributed by atoms with E-state index in [1.807, 2.05) is 32.0 Å². The van der Waals surface area contributed by atoms with Crippen LogP contribution in [0.5, 0.6) is 0 Å². The quantitative estimate of drug-likeness (QED) is 0.750. The molecular weight excluding hydrogens is 351 g/mol. The normalized spacial score (nSPS) is 17.3. The minimum absolute atomic E-state index is 0.108. The largest absolute Gasteiger partial charge is 0.405 e. The standard InChI is InChI=1S/C17H24F3N3OS/c1-12-3-4-13(2)14(9-12)25-11-16(24)22-10-15(17(18,19)20)23-7-5-21-6-8-23/h3-4,9,15,21H,5-8,10-11H2,1-2H3,(H,22,24). The molecule has 4 nitrogen and oxygen atoms in total. The minimum atomic E-state index is -4.36. The SMILES string of the molecule is Cc1ccc(C)c(SCC(=O)NCC(N2CCNCC2)C(F)(F)F)c1. The number of hydrogen-bond donors (Lipinski definition) is 2. The Morgan fingerprint density at radius 1 is 1.32 bits per heavy atom. The smallest absolute Gasteiger partial charge is 0.353 e. The van der Waals surface area contributed by atoms with Crippen molar-refractivity contribution in [1.82, 2.24) is 15.5 Å². The highest BCUT2D eigenvalue weighted by Crippen LogP contribution is 2.25. The van der Waals surface area contributed by atoms with Crippen molar-refractivity contribution in [1.29, 1.82) is 0 Å². The molecule has 0 radical (unpaired) electrons.